The number of carbonyl (C=O) groups is 1. The van der Waals surface area contributed by atoms with Gasteiger partial charge >= 0.3 is 5.97 Å². The van der Waals surface area contributed by atoms with Gasteiger partial charge in [0, 0.05) is 5.39 Å². The van der Waals surface area contributed by atoms with Crippen molar-refractivity contribution < 1.29 is 9.53 Å². The van der Waals surface area contributed by atoms with Crippen molar-refractivity contribution in [1.29, 1.82) is 0 Å². The molecule has 3 rings (SSSR count). The lowest BCUT2D eigenvalue weighted by Gasteiger charge is -2.06. The maximum atomic E-state index is 12.0. The van der Waals surface area contributed by atoms with E-state index < -0.39 is 0 Å². The Balaban J connectivity index is 1.67. The minimum absolute atomic E-state index is 0.248. The smallest absolute Gasteiger partial charge is 0.315 e. The Hall–Kier alpha value is -2.87. The van der Waals surface area contributed by atoms with Gasteiger partial charge in [0.15, 0.2) is 0 Å². The number of hydrogen-bond acceptors (Lipinski definition) is 2. The van der Waals surface area contributed by atoms with Gasteiger partial charge in [-0.05, 0) is 17.0 Å². The van der Waals surface area contributed by atoms with Crippen LogP contribution in [0, 0.1) is 0 Å². The van der Waals surface area contributed by atoms with E-state index in [1.807, 2.05) is 84.9 Å². The number of esters is 1. The van der Waals surface area contributed by atoms with E-state index in [0.717, 1.165) is 16.3 Å². The third-order valence-electron chi connectivity index (χ3n) is 3.37. The summed E-state index contributed by atoms with van der Waals surface area (Å²) >= 11 is 0. The van der Waals surface area contributed by atoms with Crippen molar-refractivity contribution in [3.63, 3.8) is 0 Å². The SMILES string of the molecule is O=C(C/C=C/c1ccccc1)Oc1cccc2ccccc12. The van der Waals surface area contributed by atoms with Crippen LogP contribution < -0.4 is 4.74 Å². The maximum Gasteiger partial charge on any atom is 0.315 e. The molecule has 0 fully saturated rings. The van der Waals surface area contributed by atoms with Crippen molar-refractivity contribution in [3.05, 3.63) is 84.4 Å². The lowest BCUT2D eigenvalue weighted by atomic mass is 10.1. The topological polar surface area (TPSA) is 26.3 Å². The van der Waals surface area contributed by atoms with E-state index in [-0.39, 0.29) is 12.4 Å². The molecule has 2 nitrogen and oxygen atoms in total. The van der Waals surface area contributed by atoms with E-state index in [9.17, 15) is 4.79 Å². The van der Waals surface area contributed by atoms with E-state index in [1.54, 1.807) is 0 Å². The molecular formula is C20H16O2. The van der Waals surface area contributed by atoms with Gasteiger partial charge in [-0.3, -0.25) is 4.79 Å². The van der Waals surface area contributed by atoms with Crippen LogP contribution in [0.1, 0.15) is 12.0 Å². The highest BCUT2D eigenvalue weighted by atomic mass is 16.5. The Bertz CT molecular complexity index is 799. The van der Waals surface area contributed by atoms with Crippen LogP contribution in [-0.2, 0) is 4.79 Å². The highest BCUT2D eigenvalue weighted by molar-refractivity contribution is 5.90. The summed E-state index contributed by atoms with van der Waals surface area (Å²) < 4.78 is 5.48. The minimum Gasteiger partial charge on any atom is -0.426 e. The molecule has 0 saturated carbocycles. The first-order valence-electron chi connectivity index (χ1n) is 7.23. The molecule has 0 amide bonds. The molecule has 0 aromatic heterocycles. The van der Waals surface area contributed by atoms with Crippen LogP contribution in [0.5, 0.6) is 5.75 Å². The first-order valence-corrected chi connectivity index (χ1v) is 7.23. The summed E-state index contributed by atoms with van der Waals surface area (Å²) in [7, 11) is 0. The second kappa shape index (κ2) is 6.72. The molecule has 0 spiro atoms. The molecule has 3 aromatic rings. The average molecular weight is 288 g/mol. The fourth-order valence-corrected chi connectivity index (χ4v) is 2.30. The predicted molar refractivity (Wildman–Crippen MR) is 89.7 cm³/mol. The number of fused-ring (bicyclic) bond motifs is 1. The maximum absolute atomic E-state index is 12.0. The fraction of sp³-hybridized carbons (Fsp3) is 0.0500. The zero-order chi connectivity index (χ0) is 15.2. The van der Waals surface area contributed by atoms with Crippen molar-refractivity contribution >= 4 is 22.8 Å². The number of hydrogen-bond donors (Lipinski definition) is 0. The van der Waals surface area contributed by atoms with Crippen molar-refractivity contribution in [2.75, 3.05) is 0 Å². The molecule has 0 atom stereocenters. The molecule has 0 saturated heterocycles. The molecule has 0 aliphatic carbocycles. The quantitative estimate of drug-likeness (QED) is 0.507. The molecule has 0 bridgehead atoms. The zero-order valence-electron chi connectivity index (χ0n) is 12.1. The van der Waals surface area contributed by atoms with Crippen molar-refractivity contribution in [1.82, 2.24) is 0 Å². The summed E-state index contributed by atoms with van der Waals surface area (Å²) in [5.41, 5.74) is 1.07. The third-order valence-corrected chi connectivity index (χ3v) is 3.37. The summed E-state index contributed by atoms with van der Waals surface area (Å²) in [6.45, 7) is 0. The highest BCUT2D eigenvalue weighted by Gasteiger charge is 2.06. The summed E-state index contributed by atoms with van der Waals surface area (Å²) in [6.07, 6.45) is 3.99. The van der Waals surface area contributed by atoms with E-state index >= 15 is 0 Å². The normalized spacial score (nSPS) is 10.9. The Kier molecular flexibility index (Phi) is 4.30. The Morgan fingerprint density at radius 2 is 1.59 bits per heavy atom. The molecule has 0 heterocycles. The number of benzene rings is 3. The Labute approximate surface area is 129 Å². The first-order chi connectivity index (χ1) is 10.8. The monoisotopic (exact) mass is 288 g/mol. The Morgan fingerprint density at radius 3 is 2.45 bits per heavy atom. The lowest BCUT2D eigenvalue weighted by molar-refractivity contribution is -0.133. The van der Waals surface area contributed by atoms with Crippen LogP contribution in [0.2, 0.25) is 0 Å². The molecule has 22 heavy (non-hydrogen) atoms. The predicted octanol–water partition coefficient (Wildman–Crippen LogP) is 4.85. The second-order valence-corrected chi connectivity index (χ2v) is 4.97. The van der Waals surface area contributed by atoms with Crippen molar-refractivity contribution in [3.8, 4) is 5.75 Å². The largest absolute Gasteiger partial charge is 0.426 e. The number of carbonyl (C=O) groups excluding carboxylic acids is 1. The van der Waals surface area contributed by atoms with Crippen molar-refractivity contribution in [2.24, 2.45) is 0 Å². The van der Waals surface area contributed by atoms with Gasteiger partial charge < -0.3 is 4.74 Å². The van der Waals surface area contributed by atoms with Gasteiger partial charge in [0.25, 0.3) is 0 Å². The van der Waals surface area contributed by atoms with Crippen LogP contribution in [0.3, 0.4) is 0 Å². The fourth-order valence-electron chi connectivity index (χ4n) is 2.30. The summed E-state index contributed by atoms with van der Waals surface area (Å²) in [6, 6.07) is 23.5. The van der Waals surface area contributed by atoms with Gasteiger partial charge in [-0.15, -0.1) is 0 Å². The molecule has 0 radical (unpaired) electrons. The van der Waals surface area contributed by atoms with Gasteiger partial charge in [0.05, 0.1) is 6.42 Å². The van der Waals surface area contributed by atoms with Gasteiger partial charge in [-0.2, -0.15) is 0 Å². The van der Waals surface area contributed by atoms with Crippen molar-refractivity contribution in [2.45, 2.75) is 6.42 Å². The second-order valence-electron chi connectivity index (χ2n) is 4.97. The van der Waals surface area contributed by atoms with E-state index in [2.05, 4.69) is 0 Å². The Morgan fingerprint density at radius 1 is 0.864 bits per heavy atom. The highest BCUT2D eigenvalue weighted by Crippen LogP contribution is 2.25. The molecule has 108 valence electrons. The molecule has 0 aliphatic heterocycles. The van der Waals surface area contributed by atoms with Crippen LogP contribution >= 0.6 is 0 Å². The molecule has 0 aliphatic rings. The molecule has 2 heteroatoms. The number of rotatable bonds is 4. The molecule has 0 unspecified atom stereocenters. The van der Waals surface area contributed by atoms with Gasteiger partial charge in [-0.1, -0.05) is 78.9 Å². The summed E-state index contributed by atoms with van der Waals surface area (Å²) in [4.78, 5) is 12.0. The number of ether oxygens (including phenoxy) is 1. The van der Waals surface area contributed by atoms with Crippen LogP contribution in [-0.4, -0.2) is 5.97 Å². The van der Waals surface area contributed by atoms with E-state index in [1.165, 1.54) is 0 Å². The van der Waals surface area contributed by atoms with Crippen LogP contribution in [0.15, 0.2) is 78.9 Å². The van der Waals surface area contributed by atoms with Gasteiger partial charge in [-0.25, -0.2) is 0 Å². The average Bonchev–Trinajstić information content (AvgIpc) is 2.56. The standard InChI is InChI=1S/C20H16O2/c21-20(15-6-10-16-8-2-1-3-9-16)22-19-14-7-12-17-11-4-5-13-18(17)19/h1-14H,15H2/b10-6+. The molecule has 3 aromatic carbocycles. The lowest BCUT2D eigenvalue weighted by Crippen LogP contribution is -2.06. The van der Waals surface area contributed by atoms with Crippen LogP contribution in [0.4, 0.5) is 0 Å². The van der Waals surface area contributed by atoms with E-state index in [4.69, 9.17) is 4.74 Å². The first kappa shape index (κ1) is 14.1. The third kappa shape index (κ3) is 3.41. The molecular weight excluding hydrogens is 272 g/mol. The summed E-state index contributed by atoms with van der Waals surface area (Å²) in [5.74, 6) is 0.347. The minimum atomic E-state index is -0.261. The summed E-state index contributed by atoms with van der Waals surface area (Å²) in [5, 5.41) is 2.01. The van der Waals surface area contributed by atoms with Crippen LogP contribution in [0.25, 0.3) is 16.8 Å². The molecule has 0 N–H and O–H groups in total. The van der Waals surface area contributed by atoms with Gasteiger partial charge in [0.2, 0.25) is 0 Å². The van der Waals surface area contributed by atoms with Gasteiger partial charge in [0.1, 0.15) is 5.75 Å². The zero-order valence-corrected chi connectivity index (χ0v) is 12.1. The van der Waals surface area contributed by atoms with E-state index in [0.29, 0.717) is 5.75 Å².